The average Bonchev–Trinajstić information content (AvgIpc) is 3.16. The van der Waals surface area contributed by atoms with Crippen LogP contribution in [0.15, 0.2) is 60.3 Å². The second-order valence-electron chi connectivity index (χ2n) is 8.83. The van der Waals surface area contributed by atoms with Crippen LogP contribution >= 0.6 is 11.8 Å². The maximum atomic E-state index is 12.7. The van der Waals surface area contributed by atoms with Crippen LogP contribution in [0.5, 0.6) is 0 Å². The highest BCUT2D eigenvalue weighted by Gasteiger charge is 2.18. The molecule has 3 aromatic rings. The molecule has 0 unspecified atom stereocenters. The Bertz CT molecular complexity index is 1090. The Morgan fingerprint density at radius 3 is 2.50 bits per heavy atom. The van der Waals surface area contributed by atoms with Crippen molar-refractivity contribution in [3.63, 3.8) is 0 Å². The van der Waals surface area contributed by atoms with Gasteiger partial charge in [-0.25, -0.2) is 0 Å². The standard InChI is InChI=1S/C26H32N4OS/c1-7-16-30-24(20-12-14-21(15-13-20)26(4,5)6)28-29-25(30)32-17-22(31)27-23-18(3)10-9-11-19(23)8-2/h7,9-15H,1,8,16-17H2,2-6H3,(H,27,31). The summed E-state index contributed by atoms with van der Waals surface area (Å²) in [6.45, 7) is 15.1. The zero-order valence-electron chi connectivity index (χ0n) is 19.6. The van der Waals surface area contributed by atoms with Gasteiger partial charge in [-0.15, -0.1) is 16.8 Å². The summed E-state index contributed by atoms with van der Waals surface area (Å²) in [7, 11) is 0. The largest absolute Gasteiger partial charge is 0.325 e. The highest BCUT2D eigenvalue weighted by atomic mass is 32.2. The number of aromatic nitrogens is 3. The molecule has 0 spiro atoms. The SMILES string of the molecule is C=CCn1c(SCC(=O)Nc2c(C)cccc2CC)nnc1-c1ccc(C(C)(C)C)cc1. The Balaban J connectivity index is 1.76. The van der Waals surface area contributed by atoms with E-state index in [1.807, 2.05) is 35.8 Å². The van der Waals surface area contributed by atoms with Gasteiger partial charge in [0.05, 0.1) is 5.75 Å². The second kappa shape index (κ2) is 10.2. The third-order valence-electron chi connectivity index (χ3n) is 5.37. The minimum Gasteiger partial charge on any atom is -0.325 e. The summed E-state index contributed by atoms with van der Waals surface area (Å²) in [6.07, 6.45) is 2.69. The molecule has 168 valence electrons. The smallest absolute Gasteiger partial charge is 0.234 e. The van der Waals surface area contributed by atoms with Gasteiger partial charge in [0.25, 0.3) is 0 Å². The van der Waals surface area contributed by atoms with Crippen molar-refractivity contribution in [3.8, 4) is 11.4 Å². The maximum Gasteiger partial charge on any atom is 0.234 e. The molecule has 0 saturated carbocycles. The van der Waals surface area contributed by atoms with E-state index in [1.165, 1.54) is 17.3 Å². The number of aryl methyl sites for hydroxylation is 2. The van der Waals surface area contributed by atoms with Crippen LogP contribution in [0.3, 0.4) is 0 Å². The van der Waals surface area contributed by atoms with Gasteiger partial charge >= 0.3 is 0 Å². The molecule has 0 saturated heterocycles. The lowest BCUT2D eigenvalue weighted by Gasteiger charge is -2.19. The Kier molecular flexibility index (Phi) is 7.56. The number of anilines is 1. The number of nitrogens with one attached hydrogen (secondary N) is 1. The van der Waals surface area contributed by atoms with Crippen molar-refractivity contribution in [2.75, 3.05) is 11.1 Å². The van der Waals surface area contributed by atoms with E-state index in [9.17, 15) is 4.79 Å². The molecule has 0 bridgehead atoms. The number of benzene rings is 2. The molecule has 1 heterocycles. The summed E-state index contributed by atoms with van der Waals surface area (Å²) in [5.41, 5.74) is 5.47. The number of thioether (sulfide) groups is 1. The molecule has 6 heteroatoms. The molecule has 0 atom stereocenters. The molecule has 2 aromatic carbocycles. The molecule has 3 rings (SSSR count). The van der Waals surface area contributed by atoms with Crippen molar-refractivity contribution in [1.82, 2.24) is 14.8 Å². The van der Waals surface area contributed by atoms with E-state index in [1.54, 1.807) is 0 Å². The number of nitrogens with zero attached hydrogens (tertiary/aromatic N) is 3. The number of allylic oxidation sites excluding steroid dienone is 1. The Labute approximate surface area is 195 Å². The van der Waals surface area contributed by atoms with Gasteiger partial charge in [-0.2, -0.15) is 0 Å². The Hall–Kier alpha value is -2.86. The first-order valence-corrected chi connectivity index (χ1v) is 11.9. The highest BCUT2D eigenvalue weighted by Crippen LogP contribution is 2.28. The lowest BCUT2D eigenvalue weighted by Crippen LogP contribution is -2.16. The summed E-state index contributed by atoms with van der Waals surface area (Å²) in [6, 6.07) is 14.5. The summed E-state index contributed by atoms with van der Waals surface area (Å²) in [4.78, 5) is 12.7. The van der Waals surface area contributed by atoms with Crippen LogP contribution in [0.1, 0.15) is 44.4 Å². The first-order chi connectivity index (χ1) is 15.2. The second-order valence-corrected chi connectivity index (χ2v) is 9.77. The molecule has 1 amide bonds. The quantitative estimate of drug-likeness (QED) is 0.338. The molecule has 32 heavy (non-hydrogen) atoms. The fourth-order valence-electron chi connectivity index (χ4n) is 3.53. The molecule has 0 radical (unpaired) electrons. The topological polar surface area (TPSA) is 59.8 Å². The average molecular weight is 449 g/mol. The van der Waals surface area contributed by atoms with Gasteiger partial charge in [0.2, 0.25) is 5.91 Å². The number of para-hydroxylation sites is 1. The first-order valence-electron chi connectivity index (χ1n) is 10.9. The van der Waals surface area contributed by atoms with Gasteiger partial charge in [0, 0.05) is 17.8 Å². The Morgan fingerprint density at radius 1 is 1.16 bits per heavy atom. The van der Waals surface area contributed by atoms with E-state index < -0.39 is 0 Å². The molecular formula is C26H32N4OS. The minimum atomic E-state index is -0.0526. The Morgan fingerprint density at radius 2 is 1.88 bits per heavy atom. The van der Waals surface area contributed by atoms with Gasteiger partial charge in [0.15, 0.2) is 11.0 Å². The zero-order chi connectivity index (χ0) is 23.3. The molecule has 0 aliphatic rings. The summed E-state index contributed by atoms with van der Waals surface area (Å²) < 4.78 is 2.00. The predicted octanol–water partition coefficient (Wildman–Crippen LogP) is 6.03. The lowest BCUT2D eigenvalue weighted by molar-refractivity contribution is -0.113. The molecule has 0 aliphatic carbocycles. The van der Waals surface area contributed by atoms with E-state index in [0.717, 1.165) is 34.6 Å². The lowest BCUT2D eigenvalue weighted by atomic mass is 9.87. The number of amides is 1. The van der Waals surface area contributed by atoms with E-state index >= 15 is 0 Å². The van der Waals surface area contributed by atoms with Crippen molar-refractivity contribution in [3.05, 3.63) is 71.8 Å². The van der Waals surface area contributed by atoms with Crippen LogP contribution < -0.4 is 5.32 Å². The third-order valence-corrected chi connectivity index (χ3v) is 6.34. The summed E-state index contributed by atoms with van der Waals surface area (Å²) in [5, 5.41) is 12.6. The summed E-state index contributed by atoms with van der Waals surface area (Å²) >= 11 is 1.39. The zero-order valence-corrected chi connectivity index (χ0v) is 20.4. The van der Waals surface area contributed by atoms with Crippen LogP contribution in [0.25, 0.3) is 11.4 Å². The fraction of sp³-hybridized carbons (Fsp3) is 0.346. The van der Waals surface area contributed by atoms with Crippen molar-refractivity contribution >= 4 is 23.4 Å². The van der Waals surface area contributed by atoms with Crippen molar-refractivity contribution in [1.29, 1.82) is 0 Å². The number of rotatable bonds is 8. The maximum absolute atomic E-state index is 12.7. The fourth-order valence-corrected chi connectivity index (χ4v) is 4.28. The summed E-state index contributed by atoms with van der Waals surface area (Å²) in [5.74, 6) is 0.985. The van der Waals surface area contributed by atoms with Gasteiger partial charge in [0.1, 0.15) is 0 Å². The first kappa shape index (κ1) is 23.8. The number of hydrogen-bond acceptors (Lipinski definition) is 4. The molecule has 0 fully saturated rings. The van der Waals surface area contributed by atoms with E-state index in [4.69, 9.17) is 0 Å². The van der Waals surface area contributed by atoms with E-state index in [-0.39, 0.29) is 17.1 Å². The number of carbonyl (C=O) groups excluding carboxylic acids is 1. The molecular weight excluding hydrogens is 416 g/mol. The van der Waals surface area contributed by atoms with Gasteiger partial charge in [-0.05, 0) is 35.4 Å². The van der Waals surface area contributed by atoms with E-state index in [0.29, 0.717) is 11.7 Å². The predicted molar refractivity (Wildman–Crippen MR) is 134 cm³/mol. The molecule has 0 aliphatic heterocycles. The number of hydrogen-bond donors (Lipinski definition) is 1. The van der Waals surface area contributed by atoms with E-state index in [2.05, 4.69) is 74.1 Å². The van der Waals surface area contributed by atoms with Crippen LogP contribution in [-0.2, 0) is 23.2 Å². The van der Waals surface area contributed by atoms with Crippen molar-refractivity contribution < 1.29 is 4.79 Å². The minimum absolute atomic E-state index is 0.0526. The highest BCUT2D eigenvalue weighted by molar-refractivity contribution is 7.99. The van der Waals surface area contributed by atoms with Gasteiger partial charge < -0.3 is 5.32 Å². The molecule has 5 nitrogen and oxygen atoms in total. The van der Waals surface area contributed by atoms with Crippen LogP contribution in [0, 0.1) is 6.92 Å². The molecule has 1 N–H and O–H groups in total. The van der Waals surface area contributed by atoms with Crippen LogP contribution in [-0.4, -0.2) is 26.4 Å². The van der Waals surface area contributed by atoms with Crippen LogP contribution in [0.2, 0.25) is 0 Å². The normalized spacial score (nSPS) is 11.4. The number of carbonyl (C=O) groups is 1. The van der Waals surface area contributed by atoms with Crippen LogP contribution in [0.4, 0.5) is 5.69 Å². The van der Waals surface area contributed by atoms with Crippen molar-refractivity contribution in [2.24, 2.45) is 0 Å². The van der Waals surface area contributed by atoms with Crippen molar-refractivity contribution in [2.45, 2.75) is 58.2 Å². The molecule has 1 aromatic heterocycles. The van der Waals surface area contributed by atoms with Gasteiger partial charge in [-0.3, -0.25) is 9.36 Å². The third kappa shape index (κ3) is 5.49. The van der Waals surface area contributed by atoms with Gasteiger partial charge in [-0.1, -0.05) is 88.0 Å². The monoisotopic (exact) mass is 448 g/mol.